The van der Waals surface area contributed by atoms with E-state index < -0.39 is 6.17 Å². The van der Waals surface area contributed by atoms with Gasteiger partial charge in [-0.25, -0.2) is 4.39 Å². The number of hydrogen-bond donors (Lipinski definition) is 1. The quantitative estimate of drug-likeness (QED) is 0.888. The van der Waals surface area contributed by atoms with Crippen molar-refractivity contribution in [3.8, 4) is 0 Å². The molecule has 3 rings (SSSR count). The molecule has 1 fully saturated rings. The lowest BCUT2D eigenvalue weighted by Crippen LogP contribution is -2.38. The van der Waals surface area contributed by atoms with Crippen LogP contribution in [0.4, 0.5) is 4.39 Å². The largest absolute Gasteiger partial charge is 0.300 e. The van der Waals surface area contributed by atoms with Gasteiger partial charge in [-0.2, -0.15) is 5.10 Å². The van der Waals surface area contributed by atoms with Crippen LogP contribution in [0.2, 0.25) is 0 Å². The summed E-state index contributed by atoms with van der Waals surface area (Å²) in [6.07, 6.45) is 1.82. The second kappa shape index (κ2) is 6.89. The molecule has 2 atom stereocenters. The van der Waals surface area contributed by atoms with Crippen LogP contribution in [0.1, 0.15) is 22.6 Å². The van der Waals surface area contributed by atoms with E-state index in [1.54, 1.807) is 11.3 Å². The number of thiophene rings is 1. The minimum absolute atomic E-state index is 0.286. The van der Waals surface area contributed by atoms with Gasteiger partial charge in [0.25, 0.3) is 0 Å². The fraction of sp³-hybridized carbons (Fsp3) is 0.562. The Balaban J connectivity index is 1.58. The summed E-state index contributed by atoms with van der Waals surface area (Å²) in [6, 6.07) is 4.48. The Labute approximate surface area is 134 Å². The second-order valence-electron chi connectivity index (χ2n) is 6.21. The van der Waals surface area contributed by atoms with Gasteiger partial charge in [0, 0.05) is 48.4 Å². The highest BCUT2D eigenvalue weighted by Gasteiger charge is 2.32. The Hall–Kier alpha value is -1.24. The molecule has 0 radical (unpaired) electrons. The minimum atomic E-state index is -0.700. The summed E-state index contributed by atoms with van der Waals surface area (Å²) in [5, 5.41) is 9.11. The molecule has 1 saturated heterocycles. The van der Waals surface area contributed by atoms with Crippen LogP contribution in [-0.2, 0) is 13.1 Å². The smallest absolute Gasteiger partial charge is 0.114 e. The number of aromatic nitrogens is 2. The molecule has 3 heterocycles. The number of likely N-dealkylation sites (tertiary alicyclic amines) is 1. The van der Waals surface area contributed by atoms with Crippen molar-refractivity contribution < 1.29 is 4.39 Å². The summed E-state index contributed by atoms with van der Waals surface area (Å²) in [5.74, 6) is 0. The number of rotatable bonds is 6. The van der Waals surface area contributed by atoms with E-state index in [4.69, 9.17) is 0 Å². The first-order chi connectivity index (χ1) is 10.6. The molecule has 4 nitrogen and oxygen atoms in total. The van der Waals surface area contributed by atoms with Crippen LogP contribution in [0.3, 0.4) is 0 Å². The molecule has 0 aliphatic carbocycles. The molecule has 0 saturated carbocycles. The van der Waals surface area contributed by atoms with Crippen LogP contribution >= 0.6 is 11.3 Å². The van der Waals surface area contributed by atoms with Crippen molar-refractivity contribution in [3.63, 3.8) is 0 Å². The van der Waals surface area contributed by atoms with Crippen LogP contribution in [0.5, 0.6) is 0 Å². The Bertz CT molecular complexity index is 583. The van der Waals surface area contributed by atoms with Gasteiger partial charge < -0.3 is 4.90 Å². The SMILES string of the molecule is Cc1[nH]ncc1CN(C)C[C@@H]1C[C@H](F)CN1Cc1cccs1. The minimum Gasteiger partial charge on any atom is -0.300 e. The summed E-state index contributed by atoms with van der Waals surface area (Å²) >= 11 is 1.75. The van der Waals surface area contributed by atoms with Crippen LogP contribution in [-0.4, -0.2) is 52.3 Å². The van der Waals surface area contributed by atoms with E-state index in [1.807, 2.05) is 13.1 Å². The molecular weight excluding hydrogens is 299 g/mol. The average Bonchev–Trinajstić information content (AvgIpc) is 3.16. The van der Waals surface area contributed by atoms with E-state index in [-0.39, 0.29) is 6.04 Å². The Morgan fingerprint density at radius 1 is 1.55 bits per heavy atom. The summed E-state index contributed by atoms with van der Waals surface area (Å²) in [5.41, 5.74) is 2.32. The van der Waals surface area contributed by atoms with Crippen molar-refractivity contribution in [1.82, 2.24) is 20.0 Å². The van der Waals surface area contributed by atoms with Gasteiger partial charge in [0.1, 0.15) is 6.17 Å². The van der Waals surface area contributed by atoms with E-state index >= 15 is 0 Å². The summed E-state index contributed by atoms with van der Waals surface area (Å²) in [6.45, 7) is 5.19. The molecule has 6 heteroatoms. The highest BCUT2D eigenvalue weighted by molar-refractivity contribution is 7.09. The number of alkyl halides is 1. The van der Waals surface area contributed by atoms with Gasteiger partial charge in [0.15, 0.2) is 0 Å². The van der Waals surface area contributed by atoms with E-state index in [2.05, 4.69) is 44.6 Å². The van der Waals surface area contributed by atoms with Crippen molar-refractivity contribution in [1.29, 1.82) is 0 Å². The third-order valence-electron chi connectivity index (χ3n) is 4.31. The first-order valence-electron chi connectivity index (χ1n) is 7.69. The van der Waals surface area contributed by atoms with Gasteiger partial charge in [-0.15, -0.1) is 11.3 Å². The van der Waals surface area contributed by atoms with Crippen LogP contribution < -0.4 is 0 Å². The van der Waals surface area contributed by atoms with E-state index in [1.165, 1.54) is 10.4 Å². The molecule has 0 spiro atoms. The standard InChI is InChI=1S/C16H23FN4S/c1-12-13(7-18-19-12)8-20(2)10-15-6-14(17)9-21(15)11-16-4-3-5-22-16/h3-5,7,14-15H,6,8-11H2,1-2H3,(H,18,19)/t14-,15-/m0/s1. The molecule has 120 valence electrons. The molecule has 0 aromatic carbocycles. The number of aromatic amines is 1. The molecule has 0 bridgehead atoms. The highest BCUT2D eigenvalue weighted by Crippen LogP contribution is 2.25. The number of aryl methyl sites for hydroxylation is 1. The summed E-state index contributed by atoms with van der Waals surface area (Å²) in [7, 11) is 2.10. The van der Waals surface area contributed by atoms with Crippen molar-refractivity contribution in [2.24, 2.45) is 0 Å². The number of H-pyrrole nitrogens is 1. The van der Waals surface area contributed by atoms with E-state index in [0.717, 1.165) is 25.3 Å². The van der Waals surface area contributed by atoms with Gasteiger partial charge in [-0.3, -0.25) is 10.00 Å². The van der Waals surface area contributed by atoms with Gasteiger partial charge >= 0.3 is 0 Å². The lowest BCUT2D eigenvalue weighted by atomic mass is 10.2. The predicted molar refractivity (Wildman–Crippen MR) is 87.7 cm³/mol. The normalized spacial score (nSPS) is 22.7. The van der Waals surface area contributed by atoms with E-state index in [9.17, 15) is 4.39 Å². The fourth-order valence-electron chi connectivity index (χ4n) is 3.16. The Morgan fingerprint density at radius 3 is 3.09 bits per heavy atom. The molecule has 0 unspecified atom stereocenters. The number of likely N-dealkylation sites (N-methyl/N-ethyl adjacent to an activating group) is 1. The Kier molecular flexibility index (Phi) is 4.90. The maximum Gasteiger partial charge on any atom is 0.114 e. The van der Waals surface area contributed by atoms with Crippen LogP contribution in [0, 0.1) is 6.92 Å². The first-order valence-corrected chi connectivity index (χ1v) is 8.57. The van der Waals surface area contributed by atoms with Gasteiger partial charge in [-0.05, 0) is 31.8 Å². The summed E-state index contributed by atoms with van der Waals surface area (Å²) in [4.78, 5) is 5.87. The fourth-order valence-corrected chi connectivity index (χ4v) is 3.89. The van der Waals surface area contributed by atoms with Crippen molar-refractivity contribution in [2.75, 3.05) is 20.1 Å². The summed E-state index contributed by atoms with van der Waals surface area (Å²) < 4.78 is 13.9. The topological polar surface area (TPSA) is 35.2 Å². The zero-order valence-electron chi connectivity index (χ0n) is 13.1. The lowest BCUT2D eigenvalue weighted by Gasteiger charge is -2.28. The van der Waals surface area contributed by atoms with Crippen molar-refractivity contribution in [3.05, 3.63) is 39.8 Å². The molecule has 1 N–H and O–H groups in total. The third kappa shape index (κ3) is 3.74. The first kappa shape index (κ1) is 15.6. The molecule has 1 aliphatic rings. The zero-order chi connectivity index (χ0) is 15.5. The molecular formula is C16H23FN4S. The predicted octanol–water partition coefficient (Wildman–Crippen LogP) is 2.82. The third-order valence-corrected chi connectivity index (χ3v) is 5.17. The highest BCUT2D eigenvalue weighted by atomic mass is 32.1. The number of hydrogen-bond acceptors (Lipinski definition) is 4. The van der Waals surface area contributed by atoms with Gasteiger partial charge in [0.2, 0.25) is 0 Å². The molecule has 2 aromatic rings. The van der Waals surface area contributed by atoms with Crippen LogP contribution in [0.25, 0.3) is 0 Å². The number of nitrogens with one attached hydrogen (secondary N) is 1. The number of nitrogens with zero attached hydrogens (tertiary/aromatic N) is 3. The molecule has 0 amide bonds. The Morgan fingerprint density at radius 2 is 2.41 bits per heavy atom. The van der Waals surface area contributed by atoms with Crippen LogP contribution in [0.15, 0.2) is 23.7 Å². The monoisotopic (exact) mass is 322 g/mol. The van der Waals surface area contributed by atoms with E-state index in [0.29, 0.717) is 13.0 Å². The van der Waals surface area contributed by atoms with Gasteiger partial charge in [-0.1, -0.05) is 6.07 Å². The maximum atomic E-state index is 13.9. The molecule has 2 aromatic heterocycles. The maximum absolute atomic E-state index is 13.9. The second-order valence-corrected chi connectivity index (χ2v) is 7.24. The zero-order valence-corrected chi connectivity index (χ0v) is 13.9. The molecule has 1 aliphatic heterocycles. The number of halogens is 1. The average molecular weight is 322 g/mol. The van der Waals surface area contributed by atoms with Gasteiger partial charge in [0.05, 0.1) is 6.20 Å². The lowest BCUT2D eigenvalue weighted by molar-refractivity contribution is 0.181. The molecule has 22 heavy (non-hydrogen) atoms. The van der Waals surface area contributed by atoms with Crippen molar-refractivity contribution in [2.45, 2.75) is 38.6 Å². The van der Waals surface area contributed by atoms with Crippen molar-refractivity contribution >= 4 is 11.3 Å².